The number of hydrogen-bond acceptors (Lipinski definition) is 6. The van der Waals surface area contributed by atoms with Gasteiger partial charge in [0.1, 0.15) is 6.04 Å². The van der Waals surface area contributed by atoms with E-state index in [0.29, 0.717) is 45.4 Å². The molecule has 0 spiro atoms. The number of pyridine rings is 2. The Bertz CT molecular complexity index is 1690. The van der Waals surface area contributed by atoms with Crippen molar-refractivity contribution in [2.24, 2.45) is 11.8 Å². The average Bonchev–Trinajstić information content (AvgIpc) is 2.97. The summed E-state index contributed by atoms with van der Waals surface area (Å²) in [5.41, 5.74) is 6.04. The van der Waals surface area contributed by atoms with Crippen LogP contribution in [0.15, 0.2) is 67.0 Å². The van der Waals surface area contributed by atoms with Crippen molar-refractivity contribution >= 4 is 40.3 Å². The highest BCUT2D eigenvalue weighted by atomic mass is 35.5. The molecule has 0 radical (unpaired) electrons. The fourth-order valence-corrected chi connectivity index (χ4v) is 4.43. The molecule has 0 aliphatic heterocycles. The van der Waals surface area contributed by atoms with Crippen molar-refractivity contribution in [1.82, 2.24) is 20.3 Å². The SMILES string of the molecule is CC(C)CN(C(=O)c1ccc(C#Cc2ccc(-c3cc(C(=O)NN)c4cnccc4n3)cc2)c(Cl)c1)C(C)C(=O)O. The summed E-state index contributed by atoms with van der Waals surface area (Å²) < 4.78 is 0. The van der Waals surface area contributed by atoms with Crippen LogP contribution < -0.4 is 11.3 Å². The van der Waals surface area contributed by atoms with E-state index in [1.165, 1.54) is 17.9 Å². The number of benzene rings is 2. The lowest BCUT2D eigenvalue weighted by Crippen LogP contribution is -2.45. The Hall–Kier alpha value is -4.78. The molecule has 4 aromatic rings. The van der Waals surface area contributed by atoms with Crippen LogP contribution in [-0.2, 0) is 4.79 Å². The molecular weight excluding hydrogens is 542 g/mol. The number of nitrogens with one attached hydrogen (secondary N) is 1. The Balaban J connectivity index is 1.57. The summed E-state index contributed by atoms with van der Waals surface area (Å²) >= 11 is 6.45. The normalized spacial score (nSPS) is 11.5. The molecular formula is C31H28ClN5O4. The van der Waals surface area contributed by atoms with E-state index in [2.05, 4.69) is 27.2 Å². The Labute approximate surface area is 242 Å². The topological polar surface area (TPSA) is 139 Å². The number of carbonyl (C=O) groups is 3. The van der Waals surface area contributed by atoms with E-state index in [9.17, 15) is 19.5 Å². The molecule has 2 amide bonds. The van der Waals surface area contributed by atoms with Crippen molar-refractivity contribution in [2.75, 3.05) is 6.54 Å². The first-order valence-electron chi connectivity index (χ1n) is 12.8. The first kappa shape index (κ1) is 29.2. The molecule has 10 heteroatoms. The second kappa shape index (κ2) is 12.6. The minimum absolute atomic E-state index is 0.0922. The van der Waals surface area contributed by atoms with Gasteiger partial charge in [-0.15, -0.1) is 0 Å². The monoisotopic (exact) mass is 569 g/mol. The van der Waals surface area contributed by atoms with Gasteiger partial charge in [-0.25, -0.2) is 15.6 Å². The summed E-state index contributed by atoms with van der Waals surface area (Å²) in [5, 5.41) is 10.3. The van der Waals surface area contributed by atoms with Gasteiger partial charge in [-0.05, 0) is 55.3 Å². The number of carboxylic acid groups (broad SMARTS) is 1. The van der Waals surface area contributed by atoms with E-state index in [1.54, 1.807) is 36.7 Å². The lowest BCUT2D eigenvalue weighted by Gasteiger charge is -2.28. The van der Waals surface area contributed by atoms with E-state index >= 15 is 0 Å². The van der Waals surface area contributed by atoms with Crippen molar-refractivity contribution in [3.63, 3.8) is 0 Å². The number of nitrogens with zero attached hydrogens (tertiary/aromatic N) is 3. The maximum Gasteiger partial charge on any atom is 0.326 e. The maximum atomic E-state index is 13.1. The predicted molar refractivity (Wildman–Crippen MR) is 157 cm³/mol. The second-order valence-electron chi connectivity index (χ2n) is 9.81. The molecule has 9 nitrogen and oxygen atoms in total. The number of nitrogen functional groups attached to an aromatic ring is 1. The Morgan fingerprint density at radius 2 is 1.78 bits per heavy atom. The van der Waals surface area contributed by atoms with Crippen molar-refractivity contribution in [1.29, 1.82) is 0 Å². The van der Waals surface area contributed by atoms with Crippen molar-refractivity contribution in [2.45, 2.75) is 26.8 Å². The van der Waals surface area contributed by atoms with Gasteiger partial charge < -0.3 is 10.0 Å². The van der Waals surface area contributed by atoms with Gasteiger partial charge in [0.15, 0.2) is 0 Å². The van der Waals surface area contributed by atoms with Gasteiger partial charge in [-0.1, -0.05) is 49.4 Å². The van der Waals surface area contributed by atoms with Gasteiger partial charge in [-0.3, -0.25) is 20.0 Å². The van der Waals surface area contributed by atoms with Gasteiger partial charge in [0, 0.05) is 46.6 Å². The minimum Gasteiger partial charge on any atom is -0.480 e. The molecule has 1 atom stereocenters. The number of halogens is 1. The lowest BCUT2D eigenvalue weighted by atomic mass is 10.0. The fourth-order valence-electron chi connectivity index (χ4n) is 4.20. The zero-order valence-corrected chi connectivity index (χ0v) is 23.4. The van der Waals surface area contributed by atoms with E-state index in [-0.39, 0.29) is 10.9 Å². The highest BCUT2D eigenvalue weighted by Crippen LogP contribution is 2.25. The Morgan fingerprint density at radius 3 is 2.41 bits per heavy atom. The average molecular weight is 570 g/mol. The smallest absolute Gasteiger partial charge is 0.326 e. The molecule has 0 aliphatic carbocycles. The first-order valence-corrected chi connectivity index (χ1v) is 13.2. The Kier molecular flexibility index (Phi) is 8.97. The van der Waals surface area contributed by atoms with Gasteiger partial charge in [0.25, 0.3) is 11.8 Å². The summed E-state index contributed by atoms with van der Waals surface area (Å²) in [6, 6.07) is 14.5. The van der Waals surface area contributed by atoms with Crippen LogP contribution in [0.3, 0.4) is 0 Å². The number of carbonyl (C=O) groups excluding carboxylic acids is 2. The standard InChI is InChI=1S/C31H28ClN5O4/c1-18(2)17-37(19(3)31(40)41)30(39)23-11-10-21(26(32)14-23)7-4-20-5-8-22(9-6-20)28-15-24(29(38)36-33)25-16-34-13-12-27(25)35-28/h5-6,8-16,18-19H,17,33H2,1-3H3,(H,36,38)(H,40,41). The molecule has 0 bridgehead atoms. The maximum absolute atomic E-state index is 13.1. The molecule has 4 N–H and O–H groups in total. The quantitative estimate of drug-likeness (QED) is 0.129. The molecule has 0 saturated heterocycles. The third-order valence-electron chi connectivity index (χ3n) is 6.37. The molecule has 41 heavy (non-hydrogen) atoms. The summed E-state index contributed by atoms with van der Waals surface area (Å²) in [5.74, 6) is 9.62. The molecule has 2 aromatic carbocycles. The third-order valence-corrected chi connectivity index (χ3v) is 6.68. The molecule has 208 valence electrons. The van der Waals surface area contributed by atoms with E-state index < -0.39 is 23.8 Å². The minimum atomic E-state index is -1.08. The summed E-state index contributed by atoms with van der Waals surface area (Å²) in [7, 11) is 0. The van der Waals surface area contributed by atoms with E-state index in [1.807, 2.05) is 38.1 Å². The number of aliphatic carboxylic acids is 1. The number of carboxylic acids is 1. The fraction of sp³-hybridized carbons (Fsp3) is 0.194. The van der Waals surface area contributed by atoms with Crippen LogP contribution in [-0.4, -0.2) is 50.3 Å². The zero-order chi connectivity index (χ0) is 29.7. The number of hydrogen-bond donors (Lipinski definition) is 3. The molecule has 1 unspecified atom stereocenters. The van der Waals surface area contributed by atoms with E-state index in [0.717, 1.165) is 5.56 Å². The van der Waals surface area contributed by atoms with E-state index in [4.69, 9.17) is 17.4 Å². The van der Waals surface area contributed by atoms with Crippen molar-refractivity contribution in [3.05, 3.63) is 94.3 Å². The zero-order valence-electron chi connectivity index (χ0n) is 22.7. The lowest BCUT2D eigenvalue weighted by molar-refractivity contribution is -0.141. The highest BCUT2D eigenvalue weighted by molar-refractivity contribution is 6.32. The molecule has 0 saturated carbocycles. The van der Waals surface area contributed by atoms with Crippen LogP contribution >= 0.6 is 11.6 Å². The predicted octanol–water partition coefficient (Wildman–Crippen LogP) is 4.52. The molecule has 4 rings (SSSR count). The summed E-state index contributed by atoms with van der Waals surface area (Å²) in [6.07, 6.45) is 3.18. The van der Waals surface area contributed by atoms with Gasteiger partial charge >= 0.3 is 5.97 Å². The number of aromatic nitrogens is 2. The van der Waals surface area contributed by atoms with Crippen LogP contribution in [0.5, 0.6) is 0 Å². The summed E-state index contributed by atoms with van der Waals surface area (Å²) in [4.78, 5) is 47.0. The Morgan fingerprint density at radius 1 is 1.05 bits per heavy atom. The first-order chi connectivity index (χ1) is 19.6. The van der Waals surface area contributed by atoms with Crippen LogP contribution in [0.1, 0.15) is 52.6 Å². The molecule has 0 fully saturated rings. The highest BCUT2D eigenvalue weighted by Gasteiger charge is 2.27. The third kappa shape index (κ3) is 6.69. The number of nitrogens with two attached hydrogens (primary N) is 1. The van der Waals surface area contributed by atoms with Crippen LogP contribution in [0.2, 0.25) is 5.02 Å². The largest absolute Gasteiger partial charge is 0.480 e. The van der Waals surface area contributed by atoms with Crippen molar-refractivity contribution < 1.29 is 19.5 Å². The van der Waals surface area contributed by atoms with Crippen LogP contribution in [0.25, 0.3) is 22.2 Å². The van der Waals surface area contributed by atoms with Gasteiger partial charge in [-0.2, -0.15) is 0 Å². The molecule has 2 heterocycles. The number of fused-ring (bicyclic) bond motifs is 1. The number of amides is 2. The summed E-state index contributed by atoms with van der Waals surface area (Å²) in [6.45, 7) is 5.62. The second-order valence-corrected chi connectivity index (χ2v) is 10.2. The molecule has 0 aliphatic rings. The number of rotatable bonds is 7. The molecule has 2 aromatic heterocycles. The number of hydrazine groups is 1. The van der Waals surface area contributed by atoms with Gasteiger partial charge in [0.2, 0.25) is 0 Å². The van der Waals surface area contributed by atoms with Crippen LogP contribution in [0, 0.1) is 17.8 Å². The van der Waals surface area contributed by atoms with Crippen molar-refractivity contribution in [3.8, 4) is 23.1 Å². The van der Waals surface area contributed by atoms with Crippen LogP contribution in [0.4, 0.5) is 0 Å². The van der Waals surface area contributed by atoms with Gasteiger partial charge in [0.05, 0.1) is 21.8 Å².